The van der Waals surface area contributed by atoms with Gasteiger partial charge in [0.2, 0.25) is 5.91 Å². The number of benzene rings is 1. The first-order valence-corrected chi connectivity index (χ1v) is 5.64. The van der Waals surface area contributed by atoms with Crippen molar-refractivity contribution in [2.45, 2.75) is 6.04 Å². The highest BCUT2D eigenvalue weighted by atomic mass is 16.5. The number of rotatable bonds is 3. The van der Waals surface area contributed by atoms with Gasteiger partial charge in [-0.15, -0.1) is 0 Å². The molecule has 1 saturated heterocycles. The lowest BCUT2D eigenvalue weighted by Gasteiger charge is -2.26. The Hall–Kier alpha value is -1.59. The molecule has 1 fully saturated rings. The Morgan fingerprint density at radius 3 is 2.88 bits per heavy atom. The van der Waals surface area contributed by atoms with Crippen molar-refractivity contribution in [3.8, 4) is 5.75 Å². The molecule has 0 aromatic heterocycles. The molecular weight excluding hydrogens is 218 g/mol. The van der Waals surface area contributed by atoms with Gasteiger partial charge in [-0.3, -0.25) is 4.79 Å². The highest BCUT2D eigenvalue weighted by Crippen LogP contribution is 2.24. The van der Waals surface area contributed by atoms with Crippen LogP contribution in [0.5, 0.6) is 5.75 Å². The molecule has 1 atom stereocenters. The van der Waals surface area contributed by atoms with Gasteiger partial charge in [0.1, 0.15) is 5.75 Å². The van der Waals surface area contributed by atoms with E-state index in [0.29, 0.717) is 5.56 Å². The SMILES string of the molecule is COc1ccc(C(N)=O)c(C2CNCCN2)c1. The normalized spacial score (nSPS) is 19.9. The number of ether oxygens (including phenoxy) is 1. The van der Waals surface area contributed by atoms with Crippen molar-refractivity contribution in [3.05, 3.63) is 29.3 Å². The minimum absolute atomic E-state index is 0.0985. The van der Waals surface area contributed by atoms with E-state index in [4.69, 9.17) is 10.5 Å². The second kappa shape index (κ2) is 5.16. The molecule has 0 radical (unpaired) electrons. The Morgan fingerprint density at radius 1 is 1.47 bits per heavy atom. The van der Waals surface area contributed by atoms with Crippen LogP contribution >= 0.6 is 0 Å². The second-order valence-electron chi connectivity index (χ2n) is 4.03. The fourth-order valence-electron chi connectivity index (χ4n) is 2.05. The van der Waals surface area contributed by atoms with E-state index in [2.05, 4.69) is 10.6 Å². The summed E-state index contributed by atoms with van der Waals surface area (Å²) in [4.78, 5) is 11.4. The fourth-order valence-corrected chi connectivity index (χ4v) is 2.05. The largest absolute Gasteiger partial charge is 0.497 e. The van der Waals surface area contributed by atoms with Crippen LogP contribution in [-0.2, 0) is 0 Å². The van der Waals surface area contributed by atoms with Crippen LogP contribution < -0.4 is 21.1 Å². The highest BCUT2D eigenvalue weighted by Gasteiger charge is 2.20. The van der Waals surface area contributed by atoms with Crippen LogP contribution in [0.2, 0.25) is 0 Å². The van der Waals surface area contributed by atoms with Crippen molar-refractivity contribution in [1.29, 1.82) is 0 Å². The van der Waals surface area contributed by atoms with Gasteiger partial charge in [-0.1, -0.05) is 0 Å². The molecule has 1 aromatic carbocycles. The minimum atomic E-state index is -0.407. The Morgan fingerprint density at radius 2 is 2.29 bits per heavy atom. The average Bonchev–Trinajstić information content (AvgIpc) is 2.39. The third-order valence-electron chi connectivity index (χ3n) is 2.94. The van der Waals surface area contributed by atoms with Gasteiger partial charge in [-0.05, 0) is 23.8 Å². The van der Waals surface area contributed by atoms with Gasteiger partial charge < -0.3 is 21.1 Å². The molecule has 2 rings (SSSR count). The summed E-state index contributed by atoms with van der Waals surface area (Å²) < 4.78 is 5.18. The number of carbonyl (C=O) groups is 1. The molecule has 1 unspecified atom stereocenters. The number of nitrogens with two attached hydrogens (primary N) is 1. The molecule has 0 aliphatic carbocycles. The maximum atomic E-state index is 11.4. The summed E-state index contributed by atoms with van der Waals surface area (Å²) in [6, 6.07) is 5.43. The molecule has 4 N–H and O–H groups in total. The second-order valence-corrected chi connectivity index (χ2v) is 4.03. The third-order valence-corrected chi connectivity index (χ3v) is 2.94. The molecule has 0 saturated carbocycles. The average molecular weight is 235 g/mol. The zero-order chi connectivity index (χ0) is 12.3. The molecule has 1 aliphatic rings. The van der Waals surface area contributed by atoms with Gasteiger partial charge in [0.25, 0.3) is 0 Å². The van der Waals surface area contributed by atoms with Gasteiger partial charge in [0, 0.05) is 31.2 Å². The molecule has 1 amide bonds. The van der Waals surface area contributed by atoms with Crippen LogP contribution in [0, 0.1) is 0 Å². The number of piperazine rings is 1. The maximum Gasteiger partial charge on any atom is 0.249 e. The summed E-state index contributed by atoms with van der Waals surface area (Å²) in [7, 11) is 1.61. The van der Waals surface area contributed by atoms with Crippen molar-refractivity contribution in [1.82, 2.24) is 10.6 Å². The lowest BCUT2D eigenvalue weighted by atomic mass is 9.98. The van der Waals surface area contributed by atoms with Crippen molar-refractivity contribution >= 4 is 5.91 Å². The van der Waals surface area contributed by atoms with Crippen LogP contribution in [0.1, 0.15) is 22.0 Å². The first-order valence-electron chi connectivity index (χ1n) is 5.64. The van der Waals surface area contributed by atoms with Crippen LogP contribution in [0.4, 0.5) is 0 Å². The summed E-state index contributed by atoms with van der Waals surface area (Å²) in [5.74, 6) is 0.326. The number of nitrogens with one attached hydrogen (secondary N) is 2. The molecular formula is C12H17N3O2. The lowest BCUT2D eigenvalue weighted by Crippen LogP contribution is -2.43. The molecule has 0 spiro atoms. The van der Waals surface area contributed by atoms with Crippen LogP contribution in [0.15, 0.2) is 18.2 Å². The summed E-state index contributed by atoms with van der Waals surface area (Å²) in [5.41, 5.74) is 6.83. The van der Waals surface area contributed by atoms with Crippen molar-refractivity contribution in [2.24, 2.45) is 5.73 Å². The zero-order valence-corrected chi connectivity index (χ0v) is 9.82. The zero-order valence-electron chi connectivity index (χ0n) is 9.82. The molecule has 1 heterocycles. The molecule has 5 heteroatoms. The summed E-state index contributed by atoms with van der Waals surface area (Å²) in [5, 5.41) is 6.64. The summed E-state index contributed by atoms with van der Waals surface area (Å²) in [6.07, 6.45) is 0. The lowest BCUT2D eigenvalue weighted by molar-refractivity contribution is 0.0998. The molecule has 0 bridgehead atoms. The van der Waals surface area contributed by atoms with Gasteiger partial charge in [-0.2, -0.15) is 0 Å². The van der Waals surface area contributed by atoms with E-state index in [0.717, 1.165) is 30.9 Å². The number of hydrogen-bond acceptors (Lipinski definition) is 4. The third kappa shape index (κ3) is 2.57. The van der Waals surface area contributed by atoms with E-state index >= 15 is 0 Å². The summed E-state index contributed by atoms with van der Waals surface area (Å²) >= 11 is 0. The Kier molecular flexibility index (Phi) is 3.61. The molecule has 1 aromatic rings. The number of hydrogen-bond donors (Lipinski definition) is 3. The predicted octanol–water partition coefficient (Wildman–Crippen LogP) is 0.0280. The fraction of sp³-hybridized carbons (Fsp3) is 0.417. The van der Waals surface area contributed by atoms with Gasteiger partial charge in [0.05, 0.1) is 7.11 Å². The standard InChI is InChI=1S/C12H17N3O2/c1-17-8-2-3-9(12(13)16)10(6-8)11-7-14-4-5-15-11/h2-3,6,11,14-15H,4-5,7H2,1H3,(H2,13,16). The number of carbonyl (C=O) groups excluding carboxylic acids is 1. The quantitative estimate of drug-likeness (QED) is 0.690. The predicted molar refractivity (Wildman–Crippen MR) is 65.1 cm³/mol. The monoisotopic (exact) mass is 235 g/mol. The van der Waals surface area contributed by atoms with Crippen LogP contribution in [0.3, 0.4) is 0 Å². The molecule has 1 aliphatic heterocycles. The van der Waals surface area contributed by atoms with E-state index in [9.17, 15) is 4.79 Å². The Bertz CT molecular complexity index is 414. The Labute approximate surface area is 100 Å². The first-order chi connectivity index (χ1) is 8.22. The highest BCUT2D eigenvalue weighted by molar-refractivity contribution is 5.94. The smallest absolute Gasteiger partial charge is 0.249 e. The van der Waals surface area contributed by atoms with E-state index in [1.165, 1.54) is 0 Å². The number of primary amides is 1. The van der Waals surface area contributed by atoms with Crippen LogP contribution in [-0.4, -0.2) is 32.7 Å². The van der Waals surface area contributed by atoms with Crippen LogP contribution in [0.25, 0.3) is 0 Å². The van der Waals surface area contributed by atoms with E-state index < -0.39 is 5.91 Å². The molecule has 17 heavy (non-hydrogen) atoms. The van der Waals surface area contributed by atoms with E-state index in [1.807, 2.05) is 6.07 Å². The van der Waals surface area contributed by atoms with Crippen molar-refractivity contribution in [2.75, 3.05) is 26.7 Å². The maximum absolute atomic E-state index is 11.4. The minimum Gasteiger partial charge on any atom is -0.497 e. The number of amides is 1. The molecule has 5 nitrogen and oxygen atoms in total. The number of methoxy groups -OCH3 is 1. The van der Waals surface area contributed by atoms with Gasteiger partial charge in [-0.25, -0.2) is 0 Å². The topological polar surface area (TPSA) is 76.4 Å². The van der Waals surface area contributed by atoms with Gasteiger partial charge >= 0.3 is 0 Å². The first kappa shape index (κ1) is 11.9. The Balaban J connectivity index is 2.36. The van der Waals surface area contributed by atoms with E-state index in [-0.39, 0.29) is 6.04 Å². The summed E-state index contributed by atoms with van der Waals surface area (Å²) in [6.45, 7) is 2.60. The van der Waals surface area contributed by atoms with E-state index in [1.54, 1.807) is 19.2 Å². The van der Waals surface area contributed by atoms with Gasteiger partial charge in [0.15, 0.2) is 0 Å². The van der Waals surface area contributed by atoms with Crippen molar-refractivity contribution in [3.63, 3.8) is 0 Å². The molecule has 92 valence electrons. The van der Waals surface area contributed by atoms with Crippen molar-refractivity contribution < 1.29 is 9.53 Å².